The Kier molecular flexibility index (Phi) is 5.77. The van der Waals surface area contributed by atoms with Gasteiger partial charge in [-0.2, -0.15) is 5.26 Å². The molecule has 0 fully saturated rings. The van der Waals surface area contributed by atoms with Crippen molar-refractivity contribution in [3.63, 3.8) is 0 Å². The van der Waals surface area contributed by atoms with E-state index >= 15 is 0 Å². The van der Waals surface area contributed by atoms with Gasteiger partial charge < -0.3 is 14.6 Å². The number of carbonyl (C=O) groups excluding carboxylic acids is 1. The highest BCUT2D eigenvalue weighted by Gasteiger charge is 2.16. The largest absolute Gasteiger partial charge is 0.497 e. The van der Waals surface area contributed by atoms with Gasteiger partial charge in [0.2, 0.25) is 5.91 Å². The molecule has 0 saturated heterocycles. The van der Waals surface area contributed by atoms with Gasteiger partial charge in [-0.05, 0) is 24.3 Å². The van der Waals surface area contributed by atoms with E-state index in [1.165, 1.54) is 11.8 Å². The number of anilines is 1. The molecule has 7 heteroatoms. The third kappa shape index (κ3) is 4.16. The van der Waals surface area contributed by atoms with Gasteiger partial charge in [-0.25, -0.2) is 4.98 Å². The minimum Gasteiger partial charge on any atom is -0.497 e. The summed E-state index contributed by atoms with van der Waals surface area (Å²) >= 11 is 1.34. The number of hydrogen-bond donors (Lipinski definition) is 1. The lowest BCUT2D eigenvalue weighted by Crippen LogP contribution is -2.33. The average Bonchev–Trinajstić information content (AvgIpc) is 3.09. The smallest absolute Gasteiger partial charge is 0.237 e. The molecule has 0 aliphatic carbocycles. The molecule has 0 aliphatic rings. The van der Waals surface area contributed by atoms with Gasteiger partial charge in [-0.1, -0.05) is 30.0 Å². The Morgan fingerprint density at radius 2 is 2.12 bits per heavy atom. The number of imidazole rings is 1. The molecule has 132 valence electrons. The van der Waals surface area contributed by atoms with E-state index in [-0.39, 0.29) is 18.1 Å². The molecular formula is C19H18N4O2S. The molecule has 26 heavy (non-hydrogen) atoms. The van der Waals surface area contributed by atoms with E-state index in [0.29, 0.717) is 11.7 Å². The molecule has 0 aliphatic heterocycles. The van der Waals surface area contributed by atoms with Gasteiger partial charge in [0, 0.05) is 18.3 Å². The second kappa shape index (κ2) is 8.41. The van der Waals surface area contributed by atoms with Crippen molar-refractivity contribution >= 4 is 34.4 Å². The van der Waals surface area contributed by atoms with Crippen molar-refractivity contribution in [1.82, 2.24) is 9.97 Å². The minimum absolute atomic E-state index is 0.0607. The zero-order valence-corrected chi connectivity index (χ0v) is 15.1. The number of aromatic amines is 1. The Bertz CT molecular complexity index is 934. The number of nitrogens with zero attached hydrogens (tertiary/aromatic N) is 3. The van der Waals surface area contributed by atoms with Crippen molar-refractivity contribution in [3.8, 4) is 11.8 Å². The number of ether oxygens (including phenoxy) is 1. The normalized spacial score (nSPS) is 10.5. The van der Waals surface area contributed by atoms with Crippen LogP contribution in [0.3, 0.4) is 0 Å². The number of para-hydroxylation sites is 1. The summed E-state index contributed by atoms with van der Waals surface area (Å²) in [7, 11) is 1.62. The Hall–Kier alpha value is -2.98. The fourth-order valence-electron chi connectivity index (χ4n) is 2.54. The zero-order chi connectivity index (χ0) is 18.4. The highest BCUT2D eigenvalue weighted by atomic mass is 32.2. The predicted octanol–water partition coefficient (Wildman–Crippen LogP) is 3.61. The van der Waals surface area contributed by atoms with Crippen LogP contribution in [0.2, 0.25) is 0 Å². The number of nitrogens with one attached hydrogen (secondary N) is 1. The van der Waals surface area contributed by atoms with Gasteiger partial charge in [-0.15, -0.1) is 0 Å². The standard InChI is InChI=1S/C19H18N4O2S/c1-25-15-8-9-16-17(12-15)22-19(21-16)26-13-18(24)23(11-5-10-20)14-6-3-2-4-7-14/h2-4,6-9,12H,5,11,13H2,1H3,(H,21,22). The van der Waals surface area contributed by atoms with E-state index in [9.17, 15) is 4.79 Å². The van der Waals surface area contributed by atoms with Crippen LogP contribution in [0.25, 0.3) is 11.0 Å². The van der Waals surface area contributed by atoms with Crippen molar-refractivity contribution in [3.05, 3.63) is 48.5 Å². The zero-order valence-electron chi connectivity index (χ0n) is 14.3. The number of benzene rings is 2. The Morgan fingerprint density at radius 1 is 1.31 bits per heavy atom. The van der Waals surface area contributed by atoms with Crippen LogP contribution in [-0.4, -0.2) is 35.3 Å². The van der Waals surface area contributed by atoms with Crippen LogP contribution in [0, 0.1) is 11.3 Å². The van der Waals surface area contributed by atoms with Crippen LogP contribution < -0.4 is 9.64 Å². The topological polar surface area (TPSA) is 82.0 Å². The summed E-state index contributed by atoms with van der Waals surface area (Å²) < 4.78 is 5.21. The molecule has 2 aromatic carbocycles. The second-order valence-electron chi connectivity index (χ2n) is 5.50. The summed E-state index contributed by atoms with van der Waals surface area (Å²) in [6.07, 6.45) is 0.287. The average molecular weight is 366 g/mol. The number of aromatic nitrogens is 2. The van der Waals surface area contributed by atoms with Gasteiger partial charge in [0.05, 0.1) is 36.4 Å². The molecule has 1 N–H and O–H groups in total. The van der Waals surface area contributed by atoms with E-state index in [1.54, 1.807) is 12.0 Å². The van der Waals surface area contributed by atoms with Crippen LogP contribution in [0.1, 0.15) is 6.42 Å². The van der Waals surface area contributed by atoms with Crippen molar-refractivity contribution in [1.29, 1.82) is 5.26 Å². The molecule has 0 bridgehead atoms. The quantitative estimate of drug-likeness (QED) is 0.646. The number of fused-ring (bicyclic) bond motifs is 1. The summed E-state index contributed by atoms with van der Waals surface area (Å²) in [6, 6.07) is 17.1. The summed E-state index contributed by atoms with van der Waals surface area (Å²) in [5.74, 6) is 0.923. The maximum atomic E-state index is 12.7. The maximum Gasteiger partial charge on any atom is 0.237 e. The van der Waals surface area contributed by atoms with Gasteiger partial charge >= 0.3 is 0 Å². The van der Waals surface area contributed by atoms with Crippen LogP contribution in [0.15, 0.2) is 53.7 Å². The lowest BCUT2D eigenvalue weighted by Gasteiger charge is -2.21. The molecule has 3 aromatic rings. The first kappa shape index (κ1) is 17.8. The van der Waals surface area contributed by atoms with Crippen molar-refractivity contribution < 1.29 is 9.53 Å². The molecule has 0 spiro atoms. The van der Waals surface area contributed by atoms with E-state index in [4.69, 9.17) is 10.00 Å². The lowest BCUT2D eigenvalue weighted by molar-refractivity contribution is -0.116. The molecule has 1 heterocycles. The van der Waals surface area contributed by atoms with Crippen LogP contribution in [0.4, 0.5) is 5.69 Å². The molecule has 1 aromatic heterocycles. The summed E-state index contributed by atoms with van der Waals surface area (Å²) in [5.41, 5.74) is 2.48. The predicted molar refractivity (Wildman–Crippen MR) is 102 cm³/mol. The van der Waals surface area contributed by atoms with Gasteiger partial charge in [0.1, 0.15) is 5.75 Å². The van der Waals surface area contributed by atoms with Crippen LogP contribution in [0.5, 0.6) is 5.75 Å². The number of carbonyl (C=O) groups is 1. The SMILES string of the molecule is COc1ccc2nc(SCC(=O)N(CCC#N)c3ccccc3)[nH]c2c1. The molecule has 6 nitrogen and oxygen atoms in total. The number of H-pyrrole nitrogens is 1. The second-order valence-corrected chi connectivity index (χ2v) is 6.47. The lowest BCUT2D eigenvalue weighted by atomic mass is 10.2. The first-order chi connectivity index (χ1) is 12.7. The van der Waals surface area contributed by atoms with E-state index < -0.39 is 0 Å². The summed E-state index contributed by atoms with van der Waals surface area (Å²) in [5, 5.41) is 9.53. The number of amides is 1. The molecule has 0 atom stereocenters. The third-order valence-electron chi connectivity index (χ3n) is 3.82. The molecule has 0 unspecified atom stereocenters. The van der Waals surface area contributed by atoms with E-state index in [0.717, 1.165) is 22.5 Å². The fourth-order valence-corrected chi connectivity index (χ4v) is 3.30. The molecule has 0 radical (unpaired) electrons. The van der Waals surface area contributed by atoms with Crippen molar-refractivity contribution in [2.45, 2.75) is 11.6 Å². The number of rotatable bonds is 7. The van der Waals surface area contributed by atoms with Crippen LogP contribution >= 0.6 is 11.8 Å². The summed E-state index contributed by atoms with van der Waals surface area (Å²) in [4.78, 5) is 22.0. The maximum absolute atomic E-state index is 12.7. The highest BCUT2D eigenvalue weighted by Crippen LogP contribution is 2.24. The molecule has 1 amide bonds. The first-order valence-corrected chi connectivity index (χ1v) is 9.08. The molecule has 3 rings (SSSR count). The van der Waals surface area contributed by atoms with E-state index in [1.807, 2.05) is 48.5 Å². The fraction of sp³-hybridized carbons (Fsp3) is 0.211. The Morgan fingerprint density at radius 3 is 2.85 bits per heavy atom. The summed E-state index contributed by atoms with van der Waals surface area (Å²) in [6.45, 7) is 0.372. The van der Waals surface area contributed by atoms with Gasteiger partial charge in [0.25, 0.3) is 0 Å². The number of methoxy groups -OCH3 is 1. The monoisotopic (exact) mass is 366 g/mol. The van der Waals surface area contributed by atoms with E-state index in [2.05, 4.69) is 16.0 Å². The van der Waals surface area contributed by atoms with Crippen LogP contribution in [-0.2, 0) is 4.79 Å². The Labute approximate surface area is 155 Å². The first-order valence-electron chi connectivity index (χ1n) is 8.10. The number of thioether (sulfide) groups is 1. The minimum atomic E-state index is -0.0607. The molecular weight excluding hydrogens is 348 g/mol. The van der Waals surface area contributed by atoms with Crippen molar-refractivity contribution in [2.75, 3.05) is 24.3 Å². The van der Waals surface area contributed by atoms with Gasteiger partial charge in [0.15, 0.2) is 5.16 Å². The Balaban J connectivity index is 1.70. The molecule has 0 saturated carbocycles. The third-order valence-corrected chi connectivity index (χ3v) is 4.67. The van der Waals surface area contributed by atoms with Crippen molar-refractivity contribution in [2.24, 2.45) is 0 Å². The number of nitriles is 1. The number of hydrogen-bond acceptors (Lipinski definition) is 5. The highest BCUT2D eigenvalue weighted by molar-refractivity contribution is 7.99. The van der Waals surface area contributed by atoms with Gasteiger partial charge in [-0.3, -0.25) is 4.79 Å².